The maximum absolute atomic E-state index is 14.5. The number of fused-ring (bicyclic) bond motifs is 1. The maximum atomic E-state index is 14.5. The summed E-state index contributed by atoms with van der Waals surface area (Å²) < 4.78 is 49.7. The standard InChI is InChI=1S/C26H20F3NO4/c1-2-26(12-34-13-26)24-22(14-3-5-15(6-4-14)25(32)33)23-20(9-16(27)10-21(23)31)30(24)17-7-8-18(28)19(29)11-17/h3-11,31H,2,12-13H2,1H3,(H,32,33). The number of carbonyl (C=O) groups is 1. The van der Waals surface area contributed by atoms with Crippen LogP contribution in [0.15, 0.2) is 54.6 Å². The van der Waals surface area contributed by atoms with E-state index in [1.165, 1.54) is 24.3 Å². The van der Waals surface area contributed by atoms with Crippen molar-refractivity contribution < 1.29 is 32.9 Å². The van der Waals surface area contributed by atoms with Gasteiger partial charge in [0.05, 0.1) is 35.1 Å². The summed E-state index contributed by atoms with van der Waals surface area (Å²) in [4.78, 5) is 11.4. The highest BCUT2D eigenvalue weighted by Gasteiger charge is 2.44. The molecule has 34 heavy (non-hydrogen) atoms. The highest BCUT2D eigenvalue weighted by Crippen LogP contribution is 2.49. The summed E-state index contributed by atoms with van der Waals surface area (Å²) in [6.45, 7) is 2.65. The van der Waals surface area contributed by atoms with E-state index in [0.29, 0.717) is 41.8 Å². The number of ether oxygens (including phenoxy) is 1. The second-order valence-electron chi connectivity index (χ2n) is 8.49. The summed E-state index contributed by atoms with van der Waals surface area (Å²) in [7, 11) is 0. The van der Waals surface area contributed by atoms with Gasteiger partial charge in [-0.3, -0.25) is 0 Å². The van der Waals surface area contributed by atoms with Crippen LogP contribution >= 0.6 is 0 Å². The van der Waals surface area contributed by atoms with E-state index in [9.17, 15) is 28.2 Å². The van der Waals surface area contributed by atoms with Crippen LogP contribution in [0.25, 0.3) is 27.7 Å². The highest BCUT2D eigenvalue weighted by atomic mass is 19.2. The SMILES string of the molecule is CCC1(c2c(-c3ccc(C(=O)O)cc3)c3c(O)cc(F)cc3n2-c2ccc(F)c(F)c2)COC1. The minimum atomic E-state index is -1.08. The Balaban J connectivity index is 1.94. The molecule has 1 aliphatic heterocycles. The average molecular weight is 467 g/mol. The van der Waals surface area contributed by atoms with Crippen LogP contribution in [0.3, 0.4) is 0 Å². The number of nitrogens with zero attached hydrogens (tertiary/aromatic N) is 1. The first kappa shape index (κ1) is 22.0. The van der Waals surface area contributed by atoms with Gasteiger partial charge >= 0.3 is 5.97 Å². The molecule has 0 spiro atoms. The zero-order valence-corrected chi connectivity index (χ0v) is 18.1. The molecule has 0 amide bonds. The number of phenols is 1. The molecule has 0 atom stereocenters. The van der Waals surface area contributed by atoms with Gasteiger partial charge in [0.1, 0.15) is 11.6 Å². The highest BCUT2D eigenvalue weighted by molar-refractivity contribution is 6.04. The number of hydrogen-bond acceptors (Lipinski definition) is 3. The predicted molar refractivity (Wildman–Crippen MR) is 120 cm³/mol. The van der Waals surface area contributed by atoms with E-state index in [1.807, 2.05) is 6.92 Å². The topological polar surface area (TPSA) is 71.7 Å². The first-order valence-electron chi connectivity index (χ1n) is 10.7. The fraction of sp³-hybridized carbons (Fsp3) is 0.192. The second-order valence-corrected chi connectivity index (χ2v) is 8.49. The number of aromatic carboxylic acids is 1. The van der Waals surface area contributed by atoms with Crippen LogP contribution in [0, 0.1) is 17.5 Å². The van der Waals surface area contributed by atoms with Gasteiger partial charge in [-0.05, 0) is 42.3 Å². The molecule has 0 unspecified atom stereocenters. The Morgan fingerprint density at radius 1 is 1.03 bits per heavy atom. The lowest BCUT2D eigenvalue weighted by atomic mass is 9.76. The minimum absolute atomic E-state index is 0.0853. The molecule has 1 aliphatic rings. The molecule has 0 radical (unpaired) electrons. The smallest absolute Gasteiger partial charge is 0.335 e. The Hall–Kier alpha value is -3.78. The number of phenolic OH excluding ortho intramolecular Hbond substituents is 1. The van der Waals surface area contributed by atoms with Crippen molar-refractivity contribution in [3.8, 4) is 22.6 Å². The third-order valence-corrected chi connectivity index (χ3v) is 6.53. The van der Waals surface area contributed by atoms with Gasteiger partial charge in [-0.2, -0.15) is 0 Å². The average Bonchev–Trinajstić information content (AvgIpc) is 3.11. The lowest BCUT2D eigenvalue weighted by Gasteiger charge is -2.42. The fourth-order valence-electron chi connectivity index (χ4n) is 4.67. The number of benzene rings is 3. The molecule has 0 saturated carbocycles. The third kappa shape index (κ3) is 3.25. The van der Waals surface area contributed by atoms with Crippen molar-refractivity contribution in [2.45, 2.75) is 18.8 Å². The van der Waals surface area contributed by atoms with Gasteiger partial charge in [-0.15, -0.1) is 0 Å². The van der Waals surface area contributed by atoms with Gasteiger partial charge in [-0.1, -0.05) is 19.1 Å². The number of rotatable bonds is 5. The number of halogens is 3. The van der Waals surface area contributed by atoms with E-state index in [1.54, 1.807) is 16.7 Å². The summed E-state index contributed by atoms with van der Waals surface area (Å²) in [6, 6.07) is 11.8. The predicted octanol–water partition coefficient (Wildman–Crippen LogP) is 5.80. The van der Waals surface area contributed by atoms with Gasteiger partial charge in [0.25, 0.3) is 0 Å². The van der Waals surface area contributed by atoms with Crippen molar-refractivity contribution in [3.63, 3.8) is 0 Å². The summed E-state index contributed by atoms with van der Waals surface area (Å²) in [5.41, 5.74) is 1.86. The van der Waals surface area contributed by atoms with E-state index < -0.39 is 28.8 Å². The molecule has 1 saturated heterocycles. The van der Waals surface area contributed by atoms with Gasteiger partial charge in [0, 0.05) is 29.1 Å². The van der Waals surface area contributed by atoms with Crippen molar-refractivity contribution in [2.24, 2.45) is 0 Å². The lowest BCUT2D eigenvalue weighted by molar-refractivity contribution is -0.0644. The molecule has 4 aromatic rings. The van der Waals surface area contributed by atoms with Crippen LogP contribution in [0.4, 0.5) is 13.2 Å². The largest absolute Gasteiger partial charge is 0.507 e. The summed E-state index contributed by atoms with van der Waals surface area (Å²) >= 11 is 0. The fourth-order valence-corrected chi connectivity index (χ4v) is 4.67. The summed E-state index contributed by atoms with van der Waals surface area (Å²) in [5, 5.41) is 20.5. The van der Waals surface area contributed by atoms with E-state index >= 15 is 0 Å². The normalized spacial score (nSPS) is 14.8. The Kier molecular flexibility index (Phi) is 5.13. The zero-order chi connectivity index (χ0) is 24.2. The van der Waals surface area contributed by atoms with E-state index in [0.717, 1.165) is 18.2 Å². The molecule has 1 aromatic heterocycles. The van der Waals surface area contributed by atoms with Gasteiger partial charge < -0.3 is 19.5 Å². The zero-order valence-electron chi connectivity index (χ0n) is 18.1. The number of hydrogen-bond donors (Lipinski definition) is 2. The van der Waals surface area contributed by atoms with Crippen LogP contribution < -0.4 is 0 Å². The molecular formula is C26H20F3NO4. The Bertz CT molecular complexity index is 1430. The second kappa shape index (κ2) is 7.92. The lowest BCUT2D eigenvalue weighted by Crippen LogP contribution is -2.47. The Labute approximate surface area is 192 Å². The molecule has 5 rings (SSSR count). The molecule has 0 aliphatic carbocycles. The van der Waals surface area contributed by atoms with Crippen LogP contribution in [-0.4, -0.2) is 34.0 Å². The van der Waals surface area contributed by atoms with Crippen molar-refractivity contribution in [3.05, 3.63) is 83.3 Å². The molecule has 2 heterocycles. The minimum Gasteiger partial charge on any atom is -0.507 e. The molecule has 3 aromatic carbocycles. The molecular weight excluding hydrogens is 447 g/mol. The number of aromatic nitrogens is 1. The van der Waals surface area contributed by atoms with Crippen molar-refractivity contribution in [1.29, 1.82) is 0 Å². The van der Waals surface area contributed by atoms with Crippen LogP contribution in [-0.2, 0) is 10.2 Å². The van der Waals surface area contributed by atoms with Crippen molar-refractivity contribution in [2.75, 3.05) is 13.2 Å². The molecule has 0 bridgehead atoms. The Morgan fingerprint density at radius 2 is 1.74 bits per heavy atom. The summed E-state index contributed by atoms with van der Waals surface area (Å²) in [5.74, 6) is -4.17. The van der Waals surface area contributed by atoms with Crippen LogP contribution in [0.1, 0.15) is 29.4 Å². The quantitative estimate of drug-likeness (QED) is 0.389. The molecule has 8 heteroatoms. The van der Waals surface area contributed by atoms with Gasteiger partial charge in [0.15, 0.2) is 11.6 Å². The molecule has 1 fully saturated rings. The molecule has 5 nitrogen and oxygen atoms in total. The van der Waals surface area contributed by atoms with Gasteiger partial charge in [0.2, 0.25) is 0 Å². The van der Waals surface area contributed by atoms with E-state index in [-0.39, 0.29) is 22.5 Å². The van der Waals surface area contributed by atoms with Crippen LogP contribution in [0.5, 0.6) is 5.75 Å². The first-order chi connectivity index (χ1) is 16.3. The number of carboxylic acid groups (broad SMARTS) is 1. The van der Waals surface area contributed by atoms with E-state index in [4.69, 9.17) is 4.74 Å². The maximum Gasteiger partial charge on any atom is 0.335 e. The number of carboxylic acids is 1. The van der Waals surface area contributed by atoms with Crippen molar-refractivity contribution in [1.82, 2.24) is 4.57 Å². The third-order valence-electron chi connectivity index (χ3n) is 6.53. The monoisotopic (exact) mass is 467 g/mol. The van der Waals surface area contributed by atoms with Crippen molar-refractivity contribution >= 4 is 16.9 Å². The van der Waals surface area contributed by atoms with Crippen LogP contribution in [0.2, 0.25) is 0 Å². The van der Waals surface area contributed by atoms with E-state index in [2.05, 4.69) is 0 Å². The number of aromatic hydroxyl groups is 1. The summed E-state index contributed by atoms with van der Waals surface area (Å²) in [6.07, 6.45) is 0.621. The molecule has 2 N–H and O–H groups in total. The molecule has 174 valence electrons. The van der Waals surface area contributed by atoms with Gasteiger partial charge in [-0.25, -0.2) is 18.0 Å². The first-order valence-corrected chi connectivity index (χ1v) is 10.7. The Morgan fingerprint density at radius 3 is 2.29 bits per heavy atom.